The Kier molecular flexibility index (Phi) is 2.18. The van der Waals surface area contributed by atoms with Crippen molar-refractivity contribution in [3.05, 3.63) is 23.8 Å². The van der Waals surface area contributed by atoms with Crippen molar-refractivity contribution < 1.29 is 9.90 Å². The van der Waals surface area contributed by atoms with Crippen molar-refractivity contribution >= 4 is 17.0 Å². The highest BCUT2D eigenvalue weighted by atomic mass is 16.4. The van der Waals surface area contributed by atoms with Crippen LogP contribution in [0.1, 0.15) is 31.1 Å². The van der Waals surface area contributed by atoms with Crippen LogP contribution in [0.25, 0.3) is 11.0 Å². The maximum absolute atomic E-state index is 11.0. The Bertz CT molecular complexity index is 552. The zero-order chi connectivity index (χ0) is 11.9. The van der Waals surface area contributed by atoms with Gasteiger partial charge in [-0.1, -0.05) is 11.3 Å². The highest BCUT2D eigenvalue weighted by Crippen LogP contribution is 2.22. The number of aromatic carboxylic acids is 1. The van der Waals surface area contributed by atoms with Crippen LogP contribution in [0.3, 0.4) is 0 Å². The summed E-state index contributed by atoms with van der Waals surface area (Å²) in [6.07, 6.45) is 0. The summed E-state index contributed by atoms with van der Waals surface area (Å²) < 4.78 is 1.73. The molecule has 0 unspecified atom stereocenters. The van der Waals surface area contributed by atoms with Crippen LogP contribution in [-0.4, -0.2) is 26.1 Å². The van der Waals surface area contributed by atoms with E-state index in [4.69, 9.17) is 5.11 Å². The smallest absolute Gasteiger partial charge is 0.338 e. The van der Waals surface area contributed by atoms with Crippen molar-refractivity contribution in [2.45, 2.75) is 26.3 Å². The molecular formula is C11H13N3O2. The Labute approximate surface area is 92.7 Å². The quantitative estimate of drug-likeness (QED) is 0.795. The van der Waals surface area contributed by atoms with Crippen molar-refractivity contribution in [1.29, 1.82) is 0 Å². The van der Waals surface area contributed by atoms with E-state index in [1.54, 1.807) is 10.7 Å². The first-order valence-corrected chi connectivity index (χ1v) is 4.99. The fourth-order valence-corrected chi connectivity index (χ4v) is 1.61. The lowest BCUT2D eigenvalue weighted by Crippen LogP contribution is -2.23. The number of hydrogen-bond acceptors (Lipinski definition) is 3. The summed E-state index contributed by atoms with van der Waals surface area (Å²) in [4.78, 5) is 11.0. The second kappa shape index (κ2) is 3.30. The molecule has 0 saturated heterocycles. The number of nitrogens with zero attached hydrogens (tertiary/aromatic N) is 3. The summed E-state index contributed by atoms with van der Waals surface area (Å²) in [6.45, 7) is 5.98. The van der Waals surface area contributed by atoms with Gasteiger partial charge >= 0.3 is 5.97 Å². The standard InChI is InChI=1S/C11H13N3O2/c1-11(2,3)14-8-6-4-5-7(10(15)16)9(8)12-13-14/h4-6H,1-3H3,(H,15,16). The summed E-state index contributed by atoms with van der Waals surface area (Å²) in [6, 6.07) is 5.07. The number of hydrogen-bond donors (Lipinski definition) is 1. The molecule has 0 spiro atoms. The van der Waals surface area contributed by atoms with E-state index in [1.807, 2.05) is 26.8 Å². The third kappa shape index (κ3) is 1.54. The Morgan fingerprint density at radius 2 is 2.06 bits per heavy atom. The van der Waals surface area contributed by atoms with Gasteiger partial charge in [0.2, 0.25) is 0 Å². The Hall–Kier alpha value is -1.91. The first kappa shape index (κ1) is 10.6. The van der Waals surface area contributed by atoms with Crippen LogP contribution in [0, 0.1) is 0 Å². The zero-order valence-corrected chi connectivity index (χ0v) is 9.43. The van der Waals surface area contributed by atoms with Gasteiger partial charge in [0.05, 0.1) is 16.6 Å². The first-order chi connectivity index (χ1) is 7.41. The number of aromatic nitrogens is 3. The van der Waals surface area contributed by atoms with Crippen molar-refractivity contribution in [1.82, 2.24) is 15.0 Å². The normalized spacial score (nSPS) is 11.9. The van der Waals surface area contributed by atoms with Crippen LogP contribution >= 0.6 is 0 Å². The summed E-state index contributed by atoms with van der Waals surface area (Å²) in [5.74, 6) is -0.980. The van der Waals surface area contributed by atoms with Crippen LogP contribution in [0.2, 0.25) is 0 Å². The van der Waals surface area contributed by atoms with E-state index >= 15 is 0 Å². The molecule has 1 N–H and O–H groups in total. The van der Waals surface area contributed by atoms with Crippen molar-refractivity contribution in [3.63, 3.8) is 0 Å². The average Bonchev–Trinajstić information content (AvgIpc) is 2.59. The minimum Gasteiger partial charge on any atom is -0.478 e. The number of fused-ring (bicyclic) bond motifs is 1. The topological polar surface area (TPSA) is 68.0 Å². The Morgan fingerprint density at radius 1 is 1.38 bits per heavy atom. The molecule has 2 aromatic rings. The largest absolute Gasteiger partial charge is 0.478 e. The lowest BCUT2D eigenvalue weighted by atomic mass is 10.1. The molecule has 0 atom stereocenters. The number of benzene rings is 1. The van der Waals surface area contributed by atoms with E-state index in [-0.39, 0.29) is 11.1 Å². The molecule has 0 fully saturated rings. The number of carbonyl (C=O) groups is 1. The molecule has 1 aromatic heterocycles. The summed E-state index contributed by atoms with van der Waals surface area (Å²) in [5, 5.41) is 17.0. The van der Waals surface area contributed by atoms with Crippen LogP contribution < -0.4 is 0 Å². The lowest BCUT2D eigenvalue weighted by Gasteiger charge is -2.19. The molecule has 16 heavy (non-hydrogen) atoms. The van der Waals surface area contributed by atoms with Gasteiger partial charge in [0.25, 0.3) is 0 Å². The SMILES string of the molecule is CC(C)(C)n1nnc2c(C(=O)O)cccc21. The molecule has 0 aliphatic heterocycles. The van der Waals surface area contributed by atoms with Crippen LogP contribution in [0.15, 0.2) is 18.2 Å². The molecule has 5 heteroatoms. The molecule has 84 valence electrons. The molecule has 1 heterocycles. The molecule has 1 aromatic carbocycles. The van der Waals surface area contributed by atoms with Crippen LogP contribution in [0.4, 0.5) is 0 Å². The minimum absolute atomic E-state index is 0.188. The summed E-state index contributed by atoms with van der Waals surface area (Å²) in [5.41, 5.74) is 1.15. The monoisotopic (exact) mass is 219 g/mol. The molecule has 0 saturated carbocycles. The van der Waals surface area contributed by atoms with Crippen LogP contribution in [-0.2, 0) is 5.54 Å². The summed E-state index contributed by atoms with van der Waals surface area (Å²) >= 11 is 0. The number of rotatable bonds is 1. The van der Waals surface area contributed by atoms with Crippen LogP contribution in [0.5, 0.6) is 0 Å². The van der Waals surface area contributed by atoms with Crippen molar-refractivity contribution in [2.24, 2.45) is 0 Å². The predicted octanol–water partition coefficient (Wildman–Crippen LogP) is 1.88. The third-order valence-corrected chi connectivity index (χ3v) is 2.34. The van der Waals surface area contributed by atoms with Gasteiger partial charge < -0.3 is 5.11 Å². The predicted molar refractivity (Wildman–Crippen MR) is 59.5 cm³/mol. The van der Waals surface area contributed by atoms with E-state index in [0.29, 0.717) is 5.52 Å². The fraction of sp³-hybridized carbons (Fsp3) is 0.364. The maximum atomic E-state index is 11.0. The molecule has 0 aliphatic rings. The lowest BCUT2D eigenvalue weighted by molar-refractivity contribution is 0.0699. The second-order valence-electron chi connectivity index (χ2n) is 4.65. The average molecular weight is 219 g/mol. The van der Waals surface area contributed by atoms with E-state index in [1.165, 1.54) is 6.07 Å². The molecule has 0 bridgehead atoms. The van der Waals surface area contributed by atoms with Crippen molar-refractivity contribution in [2.75, 3.05) is 0 Å². The van der Waals surface area contributed by atoms with E-state index < -0.39 is 5.97 Å². The second-order valence-corrected chi connectivity index (χ2v) is 4.65. The summed E-state index contributed by atoms with van der Waals surface area (Å²) in [7, 11) is 0. The molecule has 0 amide bonds. The van der Waals surface area contributed by atoms with E-state index in [2.05, 4.69) is 10.3 Å². The molecule has 0 aliphatic carbocycles. The van der Waals surface area contributed by atoms with Gasteiger partial charge in [-0.3, -0.25) is 0 Å². The number of carboxylic acids is 1. The minimum atomic E-state index is -0.980. The van der Waals surface area contributed by atoms with E-state index in [9.17, 15) is 4.79 Å². The van der Waals surface area contributed by atoms with E-state index in [0.717, 1.165) is 5.52 Å². The Morgan fingerprint density at radius 3 is 2.62 bits per heavy atom. The first-order valence-electron chi connectivity index (χ1n) is 4.99. The maximum Gasteiger partial charge on any atom is 0.338 e. The fourth-order valence-electron chi connectivity index (χ4n) is 1.61. The highest BCUT2D eigenvalue weighted by Gasteiger charge is 2.20. The van der Waals surface area contributed by atoms with Gasteiger partial charge in [-0.05, 0) is 32.9 Å². The van der Waals surface area contributed by atoms with Gasteiger partial charge in [-0.15, -0.1) is 5.10 Å². The van der Waals surface area contributed by atoms with Gasteiger partial charge in [0.1, 0.15) is 5.52 Å². The van der Waals surface area contributed by atoms with Gasteiger partial charge in [-0.2, -0.15) is 0 Å². The highest BCUT2D eigenvalue weighted by molar-refractivity contribution is 6.00. The number of carboxylic acid groups (broad SMARTS) is 1. The molecule has 0 radical (unpaired) electrons. The molecule has 2 rings (SSSR count). The van der Waals surface area contributed by atoms with Gasteiger partial charge in [0.15, 0.2) is 0 Å². The zero-order valence-electron chi connectivity index (χ0n) is 9.43. The third-order valence-electron chi connectivity index (χ3n) is 2.34. The molecule has 5 nitrogen and oxygen atoms in total. The molecular weight excluding hydrogens is 206 g/mol. The van der Waals surface area contributed by atoms with Crippen molar-refractivity contribution in [3.8, 4) is 0 Å². The van der Waals surface area contributed by atoms with Gasteiger partial charge in [-0.25, -0.2) is 9.48 Å². The Balaban J connectivity index is 2.76. The van der Waals surface area contributed by atoms with Gasteiger partial charge in [0, 0.05) is 0 Å².